The Morgan fingerprint density at radius 2 is 1.48 bits per heavy atom. The van der Waals surface area contributed by atoms with Crippen LogP contribution < -0.4 is 5.43 Å². The first-order valence-corrected chi connectivity index (χ1v) is 8.34. The summed E-state index contributed by atoms with van der Waals surface area (Å²) < 4.78 is 0. The lowest BCUT2D eigenvalue weighted by atomic mass is 9.81. The van der Waals surface area contributed by atoms with Gasteiger partial charge < -0.3 is 5.43 Å². The van der Waals surface area contributed by atoms with Crippen LogP contribution in [-0.2, 0) is 0 Å². The predicted octanol–water partition coefficient (Wildman–Crippen LogP) is 4.95. The van der Waals surface area contributed by atoms with Crippen LogP contribution in [0.5, 0.6) is 0 Å². The van der Waals surface area contributed by atoms with E-state index in [2.05, 4.69) is 72.1 Å². The van der Waals surface area contributed by atoms with Crippen molar-refractivity contribution >= 4 is 5.71 Å². The van der Waals surface area contributed by atoms with Gasteiger partial charge in [0.05, 0.1) is 11.8 Å². The van der Waals surface area contributed by atoms with Crippen molar-refractivity contribution in [2.75, 3.05) is 0 Å². The molecule has 0 spiro atoms. The maximum absolute atomic E-state index is 4.73. The fourth-order valence-electron chi connectivity index (χ4n) is 3.57. The lowest BCUT2D eigenvalue weighted by Gasteiger charge is -2.29. The molecule has 3 rings (SSSR count). The summed E-state index contributed by atoms with van der Waals surface area (Å²) in [5, 5.41) is 4.73. The van der Waals surface area contributed by atoms with Gasteiger partial charge in [0.1, 0.15) is 0 Å². The molecule has 1 atom stereocenters. The highest BCUT2D eigenvalue weighted by Crippen LogP contribution is 2.35. The Hall–Kier alpha value is -2.09. The van der Waals surface area contributed by atoms with Crippen molar-refractivity contribution in [1.82, 2.24) is 5.43 Å². The van der Waals surface area contributed by atoms with Gasteiger partial charge in [0, 0.05) is 11.1 Å². The summed E-state index contributed by atoms with van der Waals surface area (Å²) in [6.45, 7) is 15.4. The molecule has 0 aliphatic carbocycles. The molecule has 0 radical (unpaired) electrons. The third kappa shape index (κ3) is 2.37. The van der Waals surface area contributed by atoms with E-state index in [1.807, 2.05) is 0 Å². The van der Waals surface area contributed by atoms with Gasteiger partial charge in [-0.3, -0.25) is 0 Å². The number of nitrogens with zero attached hydrogens (tertiary/aromatic N) is 1. The van der Waals surface area contributed by atoms with Gasteiger partial charge in [-0.25, -0.2) is 0 Å². The zero-order valence-corrected chi connectivity index (χ0v) is 15.3. The lowest BCUT2D eigenvalue weighted by molar-refractivity contribution is 0.589. The number of hydrogen-bond acceptors (Lipinski definition) is 2. The Kier molecular flexibility index (Phi) is 3.79. The maximum Gasteiger partial charge on any atom is 0.0980 e. The van der Waals surface area contributed by atoms with Crippen LogP contribution in [-0.4, -0.2) is 5.71 Å². The van der Waals surface area contributed by atoms with Gasteiger partial charge in [0.25, 0.3) is 0 Å². The fraction of sp³-hybridized carbons (Fsp3) is 0.381. The summed E-state index contributed by atoms with van der Waals surface area (Å²) >= 11 is 0. The van der Waals surface area contributed by atoms with E-state index < -0.39 is 0 Å². The molecule has 0 bridgehead atoms. The first-order chi connectivity index (χ1) is 10.8. The zero-order chi connectivity index (χ0) is 16.9. The van der Waals surface area contributed by atoms with Gasteiger partial charge in [-0.2, -0.15) is 5.10 Å². The number of hydrazone groups is 1. The van der Waals surface area contributed by atoms with E-state index in [4.69, 9.17) is 5.10 Å². The minimum Gasteiger partial charge on any atom is -0.302 e. The fourth-order valence-corrected chi connectivity index (χ4v) is 3.57. The van der Waals surface area contributed by atoms with Crippen molar-refractivity contribution in [3.8, 4) is 0 Å². The summed E-state index contributed by atoms with van der Waals surface area (Å²) in [4.78, 5) is 0. The van der Waals surface area contributed by atoms with E-state index in [0.29, 0.717) is 0 Å². The van der Waals surface area contributed by atoms with Crippen LogP contribution in [0.3, 0.4) is 0 Å². The van der Waals surface area contributed by atoms with E-state index >= 15 is 0 Å². The minimum absolute atomic E-state index is 0.248. The van der Waals surface area contributed by atoms with Crippen LogP contribution in [0.4, 0.5) is 0 Å². The molecule has 0 aromatic heterocycles. The number of fused-ring (bicyclic) bond motifs is 1. The average Bonchev–Trinajstić information content (AvgIpc) is 2.53. The molecule has 1 aliphatic rings. The Bertz CT molecular complexity index is 828. The molecule has 1 unspecified atom stereocenters. The topological polar surface area (TPSA) is 24.4 Å². The molecular weight excluding hydrogens is 280 g/mol. The van der Waals surface area contributed by atoms with Crippen LogP contribution >= 0.6 is 0 Å². The summed E-state index contributed by atoms with van der Waals surface area (Å²) in [5.41, 5.74) is 16.5. The smallest absolute Gasteiger partial charge is 0.0980 e. The largest absolute Gasteiger partial charge is 0.302 e. The van der Waals surface area contributed by atoms with Gasteiger partial charge in [-0.05, 0) is 93.5 Å². The highest BCUT2D eigenvalue weighted by atomic mass is 15.3. The molecule has 2 nitrogen and oxygen atoms in total. The molecular formula is C21H26N2. The second-order valence-corrected chi connectivity index (χ2v) is 6.90. The Morgan fingerprint density at radius 1 is 0.826 bits per heavy atom. The average molecular weight is 306 g/mol. The van der Waals surface area contributed by atoms with Crippen LogP contribution in [0.25, 0.3) is 0 Å². The van der Waals surface area contributed by atoms with Crippen LogP contribution in [0, 0.1) is 41.5 Å². The SMILES string of the molecule is Cc1ccc(C2=NNC(C)c3c(C)c(C)c(C)c(C)c32)cc1C. The Balaban J connectivity index is 2.30. The van der Waals surface area contributed by atoms with Crippen LogP contribution in [0.15, 0.2) is 23.3 Å². The Labute approximate surface area is 139 Å². The van der Waals surface area contributed by atoms with Gasteiger partial charge in [0.15, 0.2) is 0 Å². The lowest BCUT2D eigenvalue weighted by Crippen LogP contribution is -2.28. The summed E-state index contributed by atoms with van der Waals surface area (Å²) in [6.07, 6.45) is 0. The highest BCUT2D eigenvalue weighted by Gasteiger charge is 2.26. The van der Waals surface area contributed by atoms with E-state index in [-0.39, 0.29) is 6.04 Å². The number of rotatable bonds is 1. The van der Waals surface area contributed by atoms with Crippen LogP contribution in [0.2, 0.25) is 0 Å². The van der Waals surface area contributed by atoms with Crippen molar-refractivity contribution in [1.29, 1.82) is 0 Å². The van der Waals surface area contributed by atoms with E-state index in [9.17, 15) is 0 Å². The normalized spacial score (nSPS) is 16.7. The van der Waals surface area contributed by atoms with Crippen molar-refractivity contribution in [2.45, 2.75) is 54.5 Å². The standard InChI is InChI=1S/C21H26N2/c1-11-8-9-18(10-12(11)2)21-20-16(6)14(4)13(3)15(5)19(20)17(7)22-23-21/h8-10,17,22H,1-7H3. The second-order valence-electron chi connectivity index (χ2n) is 6.90. The van der Waals surface area contributed by atoms with Crippen molar-refractivity contribution in [2.24, 2.45) is 5.10 Å². The molecule has 1 aliphatic heterocycles. The molecule has 120 valence electrons. The molecule has 2 aromatic rings. The van der Waals surface area contributed by atoms with E-state index in [1.54, 1.807) is 0 Å². The molecule has 1 N–H and O–H groups in total. The summed E-state index contributed by atoms with van der Waals surface area (Å²) in [7, 11) is 0. The first-order valence-electron chi connectivity index (χ1n) is 8.34. The number of hydrogen-bond donors (Lipinski definition) is 1. The molecule has 2 aromatic carbocycles. The molecule has 23 heavy (non-hydrogen) atoms. The number of benzene rings is 2. The predicted molar refractivity (Wildman–Crippen MR) is 98.5 cm³/mol. The van der Waals surface area contributed by atoms with Crippen molar-refractivity contribution in [3.63, 3.8) is 0 Å². The molecule has 0 fully saturated rings. The maximum atomic E-state index is 4.73. The molecule has 0 saturated heterocycles. The minimum atomic E-state index is 0.248. The monoisotopic (exact) mass is 306 g/mol. The highest BCUT2D eigenvalue weighted by molar-refractivity contribution is 6.15. The molecule has 0 amide bonds. The van der Waals surface area contributed by atoms with E-state index in [0.717, 1.165) is 5.71 Å². The first kappa shape index (κ1) is 15.8. The summed E-state index contributed by atoms with van der Waals surface area (Å²) in [6, 6.07) is 6.87. The van der Waals surface area contributed by atoms with Gasteiger partial charge in [-0.15, -0.1) is 0 Å². The molecule has 2 heteroatoms. The quantitative estimate of drug-likeness (QED) is 0.791. The third-order valence-electron chi connectivity index (χ3n) is 5.56. The second kappa shape index (κ2) is 5.52. The third-order valence-corrected chi connectivity index (χ3v) is 5.56. The zero-order valence-electron chi connectivity index (χ0n) is 15.3. The number of aryl methyl sites for hydroxylation is 2. The van der Waals surface area contributed by atoms with Gasteiger partial charge in [0.2, 0.25) is 0 Å². The van der Waals surface area contributed by atoms with Gasteiger partial charge >= 0.3 is 0 Å². The summed E-state index contributed by atoms with van der Waals surface area (Å²) in [5.74, 6) is 0. The van der Waals surface area contributed by atoms with Crippen molar-refractivity contribution in [3.05, 3.63) is 68.3 Å². The Morgan fingerprint density at radius 3 is 2.13 bits per heavy atom. The van der Waals surface area contributed by atoms with Crippen molar-refractivity contribution < 1.29 is 0 Å². The molecule has 1 heterocycles. The van der Waals surface area contributed by atoms with E-state index in [1.165, 1.54) is 50.1 Å². The molecule has 0 saturated carbocycles. The van der Waals surface area contributed by atoms with Crippen LogP contribution in [0.1, 0.15) is 63.0 Å². The number of nitrogens with one attached hydrogen (secondary N) is 1. The van der Waals surface area contributed by atoms with Gasteiger partial charge in [-0.1, -0.05) is 12.1 Å².